The first kappa shape index (κ1) is 13.2. The molecule has 94 valence electrons. The van der Waals surface area contributed by atoms with Gasteiger partial charge in [0.1, 0.15) is 5.82 Å². The summed E-state index contributed by atoms with van der Waals surface area (Å²) in [5, 5.41) is 3.91. The lowest BCUT2D eigenvalue weighted by atomic mass is 9.93. The van der Waals surface area contributed by atoms with Gasteiger partial charge in [0.15, 0.2) is 0 Å². The molecular formula is C13H17ClFNS. The normalized spacial score (nSPS) is 21.7. The fourth-order valence-corrected chi connectivity index (χ4v) is 3.88. The number of nitrogens with one attached hydrogen (secondary N) is 1. The molecule has 0 radical (unpaired) electrons. The SMILES string of the molecule is CNC(Cc1ccc(F)cc1Cl)C1CCSC1. The quantitative estimate of drug-likeness (QED) is 0.903. The van der Waals surface area contributed by atoms with Crippen LogP contribution < -0.4 is 5.32 Å². The second-order valence-electron chi connectivity index (χ2n) is 4.46. The fraction of sp³-hybridized carbons (Fsp3) is 0.538. The van der Waals surface area contributed by atoms with Gasteiger partial charge >= 0.3 is 0 Å². The van der Waals surface area contributed by atoms with Crippen molar-refractivity contribution in [2.75, 3.05) is 18.6 Å². The minimum Gasteiger partial charge on any atom is -0.316 e. The molecule has 1 heterocycles. The number of hydrogen-bond donors (Lipinski definition) is 1. The van der Waals surface area contributed by atoms with Crippen LogP contribution in [0.4, 0.5) is 4.39 Å². The summed E-state index contributed by atoms with van der Waals surface area (Å²) in [5.74, 6) is 2.90. The lowest BCUT2D eigenvalue weighted by Gasteiger charge is -2.23. The van der Waals surface area contributed by atoms with E-state index in [4.69, 9.17) is 11.6 Å². The molecule has 0 bridgehead atoms. The summed E-state index contributed by atoms with van der Waals surface area (Å²) in [5.41, 5.74) is 1.03. The first-order valence-corrected chi connectivity index (χ1v) is 7.43. The van der Waals surface area contributed by atoms with Crippen molar-refractivity contribution < 1.29 is 4.39 Å². The Hall–Kier alpha value is -0.250. The highest BCUT2D eigenvalue weighted by molar-refractivity contribution is 7.99. The van der Waals surface area contributed by atoms with Gasteiger partial charge in [-0.05, 0) is 55.0 Å². The summed E-state index contributed by atoms with van der Waals surface area (Å²) in [6, 6.07) is 5.11. The standard InChI is InChI=1S/C13H17ClFNS/c1-16-13(10-4-5-17-8-10)6-9-2-3-11(15)7-12(9)14/h2-3,7,10,13,16H,4-6,8H2,1H3. The molecule has 1 N–H and O–H groups in total. The van der Waals surface area contributed by atoms with Gasteiger partial charge < -0.3 is 5.32 Å². The van der Waals surface area contributed by atoms with Crippen LogP contribution in [0.15, 0.2) is 18.2 Å². The Kier molecular flexibility index (Phi) is 4.71. The van der Waals surface area contributed by atoms with E-state index in [2.05, 4.69) is 5.32 Å². The van der Waals surface area contributed by atoms with Crippen LogP contribution >= 0.6 is 23.4 Å². The third-order valence-electron chi connectivity index (χ3n) is 3.36. The number of thioether (sulfide) groups is 1. The number of rotatable bonds is 4. The highest BCUT2D eigenvalue weighted by Gasteiger charge is 2.24. The second-order valence-corrected chi connectivity index (χ2v) is 6.02. The molecule has 0 aromatic heterocycles. The average Bonchev–Trinajstić information content (AvgIpc) is 2.81. The summed E-state index contributed by atoms with van der Waals surface area (Å²) in [6.07, 6.45) is 2.13. The Balaban J connectivity index is 2.06. The van der Waals surface area contributed by atoms with Crippen molar-refractivity contribution in [3.05, 3.63) is 34.6 Å². The van der Waals surface area contributed by atoms with Gasteiger partial charge in [-0.15, -0.1) is 0 Å². The van der Waals surface area contributed by atoms with E-state index in [1.807, 2.05) is 18.8 Å². The monoisotopic (exact) mass is 273 g/mol. The molecule has 1 fully saturated rings. The van der Waals surface area contributed by atoms with Gasteiger partial charge in [-0.25, -0.2) is 4.39 Å². The highest BCUT2D eigenvalue weighted by Crippen LogP contribution is 2.29. The number of likely N-dealkylation sites (N-methyl/N-ethyl adjacent to an activating group) is 1. The van der Waals surface area contributed by atoms with Crippen molar-refractivity contribution >= 4 is 23.4 Å². The van der Waals surface area contributed by atoms with Gasteiger partial charge in [-0.3, -0.25) is 0 Å². The van der Waals surface area contributed by atoms with E-state index in [0.717, 1.165) is 12.0 Å². The maximum Gasteiger partial charge on any atom is 0.124 e. The van der Waals surface area contributed by atoms with Crippen LogP contribution in [0.3, 0.4) is 0 Å². The molecule has 4 heteroatoms. The van der Waals surface area contributed by atoms with Gasteiger partial charge in [0.25, 0.3) is 0 Å². The topological polar surface area (TPSA) is 12.0 Å². The van der Waals surface area contributed by atoms with Crippen LogP contribution in [0, 0.1) is 11.7 Å². The van der Waals surface area contributed by atoms with Crippen LogP contribution in [0.2, 0.25) is 5.02 Å². The van der Waals surface area contributed by atoms with Gasteiger partial charge in [-0.1, -0.05) is 17.7 Å². The third-order valence-corrected chi connectivity index (χ3v) is 4.90. The molecule has 0 spiro atoms. The molecule has 2 unspecified atom stereocenters. The molecule has 0 saturated carbocycles. The van der Waals surface area contributed by atoms with Crippen LogP contribution in [0.25, 0.3) is 0 Å². The fourth-order valence-electron chi connectivity index (χ4n) is 2.30. The minimum atomic E-state index is -0.267. The van der Waals surface area contributed by atoms with Gasteiger partial charge in [0.2, 0.25) is 0 Å². The van der Waals surface area contributed by atoms with Crippen molar-refractivity contribution in [2.24, 2.45) is 5.92 Å². The van der Waals surface area contributed by atoms with E-state index >= 15 is 0 Å². The Bertz CT molecular complexity index is 380. The lowest BCUT2D eigenvalue weighted by Crippen LogP contribution is -2.35. The third kappa shape index (κ3) is 3.36. The molecule has 17 heavy (non-hydrogen) atoms. The molecule has 1 saturated heterocycles. The van der Waals surface area contributed by atoms with E-state index in [9.17, 15) is 4.39 Å². The van der Waals surface area contributed by atoms with Crippen molar-refractivity contribution in [1.82, 2.24) is 5.32 Å². The zero-order chi connectivity index (χ0) is 12.3. The first-order chi connectivity index (χ1) is 8.20. The van der Waals surface area contributed by atoms with Crippen LogP contribution in [-0.4, -0.2) is 24.6 Å². The molecule has 0 aliphatic carbocycles. The highest BCUT2D eigenvalue weighted by atomic mass is 35.5. The van der Waals surface area contributed by atoms with Gasteiger partial charge in [-0.2, -0.15) is 11.8 Å². The zero-order valence-corrected chi connectivity index (χ0v) is 11.5. The summed E-state index contributed by atoms with van der Waals surface area (Å²) in [4.78, 5) is 0. The predicted octanol–water partition coefficient (Wildman–Crippen LogP) is 3.36. The maximum atomic E-state index is 13.0. The Labute approximate surface area is 111 Å². The molecule has 1 aliphatic rings. The number of benzene rings is 1. The molecule has 1 aromatic rings. The van der Waals surface area contributed by atoms with Crippen LogP contribution in [0.5, 0.6) is 0 Å². The molecular weight excluding hydrogens is 257 g/mol. The van der Waals surface area contributed by atoms with Gasteiger partial charge in [0.05, 0.1) is 0 Å². The summed E-state index contributed by atoms with van der Waals surface area (Å²) in [7, 11) is 1.99. The van der Waals surface area contributed by atoms with E-state index < -0.39 is 0 Å². The second kappa shape index (κ2) is 6.07. The van der Waals surface area contributed by atoms with E-state index in [1.165, 1.54) is 30.1 Å². The zero-order valence-electron chi connectivity index (χ0n) is 9.88. The Morgan fingerprint density at radius 1 is 1.59 bits per heavy atom. The van der Waals surface area contributed by atoms with Crippen LogP contribution in [-0.2, 0) is 6.42 Å². The molecule has 2 atom stereocenters. The Morgan fingerprint density at radius 3 is 3.00 bits per heavy atom. The first-order valence-electron chi connectivity index (χ1n) is 5.89. The van der Waals surface area contributed by atoms with Crippen molar-refractivity contribution in [1.29, 1.82) is 0 Å². The van der Waals surface area contributed by atoms with Crippen LogP contribution in [0.1, 0.15) is 12.0 Å². The van der Waals surface area contributed by atoms with Crippen molar-refractivity contribution in [2.45, 2.75) is 18.9 Å². The summed E-state index contributed by atoms with van der Waals surface area (Å²) in [6.45, 7) is 0. The minimum absolute atomic E-state index is 0.267. The average molecular weight is 274 g/mol. The van der Waals surface area contributed by atoms with E-state index in [1.54, 1.807) is 6.07 Å². The summed E-state index contributed by atoms with van der Waals surface area (Å²) < 4.78 is 13.0. The van der Waals surface area contributed by atoms with E-state index in [0.29, 0.717) is 17.0 Å². The van der Waals surface area contributed by atoms with E-state index in [-0.39, 0.29) is 5.82 Å². The van der Waals surface area contributed by atoms with Crippen molar-refractivity contribution in [3.8, 4) is 0 Å². The van der Waals surface area contributed by atoms with Crippen molar-refractivity contribution in [3.63, 3.8) is 0 Å². The molecule has 2 rings (SSSR count). The predicted molar refractivity (Wildman–Crippen MR) is 73.4 cm³/mol. The Morgan fingerprint density at radius 2 is 2.41 bits per heavy atom. The molecule has 1 aromatic carbocycles. The molecule has 1 nitrogen and oxygen atoms in total. The van der Waals surface area contributed by atoms with Gasteiger partial charge in [0, 0.05) is 11.1 Å². The maximum absolute atomic E-state index is 13.0. The lowest BCUT2D eigenvalue weighted by molar-refractivity contribution is 0.404. The largest absolute Gasteiger partial charge is 0.316 e. The number of halogens is 2. The number of hydrogen-bond acceptors (Lipinski definition) is 2. The molecule has 1 aliphatic heterocycles. The summed E-state index contributed by atoms with van der Waals surface area (Å²) >= 11 is 8.07. The molecule has 0 amide bonds. The smallest absolute Gasteiger partial charge is 0.124 e.